The van der Waals surface area contributed by atoms with Crippen molar-refractivity contribution in [2.24, 2.45) is 0 Å². The first kappa shape index (κ1) is 12.7. The second-order valence-corrected chi connectivity index (χ2v) is 5.00. The van der Waals surface area contributed by atoms with Crippen molar-refractivity contribution in [2.75, 3.05) is 13.2 Å². The summed E-state index contributed by atoms with van der Waals surface area (Å²) in [7, 11) is 0. The van der Waals surface area contributed by atoms with Crippen molar-refractivity contribution in [2.45, 2.75) is 52.1 Å². The number of furan rings is 1. The number of rotatable bonds is 3. The Morgan fingerprint density at radius 1 is 1.29 bits per heavy atom. The van der Waals surface area contributed by atoms with Crippen LogP contribution in [0.5, 0.6) is 0 Å². The molecule has 0 radical (unpaired) electrons. The second-order valence-electron chi connectivity index (χ2n) is 5.00. The molecule has 1 aliphatic rings. The molecule has 0 aromatic carbocycles. The molecule has 2 heterocycles. The number of hydrogen-bond donors (Lipinski definition) is 1. The molecule has 3 heteroatoms. The van der Waals surface area contributed by atoms with Gasteiger partial charge in [-0.25, -0.2) is 0 Å². The van der Waals surface area contributed by atoms with E-state index >= 15 is 0 Å². The minimum atomic E-state index is 0.357. The van der Waals surface area contributed by atoms with E-state index in [0.717, 1.165) is 37.6 Å². The van der Waals surface area contributed by atoms with Gasteiger partial charge in [-0.1, -0.05) is 0 Å². The molecule has 1 N–H and O–H groups in total. The maximum absolute atomic E-state index is 5.58. The molecule has 17 heavy (non-hydrogen) atoms. The molecule has 0 amide bonds. The Morgan fingerprint density at radius 2 is 2.12 bits per heavy atom. The lowest BCUT2D eigenvalue weighted by Gasteiger charge is -2.21. The first-order valence-corrected chi connectivity index (χ1v) is 6.57. The van der Waals surface area contributed by atoms with E-state index in [1.807, 2.05) is 13.8 Å². The van der Waals surface area contributed by atoms with Crippen LogP contribution in [0.1, 0.15) is 49.3 Å². The third kappa shape index (κ3) is 3.33. The molecule has 0 aliphatic carbocycles. The van der Waals surface area contributed by atoms with Crippen molar-refractivity contribution in [3.63, 3.8) is 0 Å². The average Bonchev–Trinajstić information content (AvgIpc) is 2.51. The monoisotopic (exact) mass is 237 g/mol. The summed E-state index contributed by atoms with van der Waals surface area (Å²) in [6.45, 7) is 8.05. The van der Waals surface area contributed by atoms with Gasteiger partial charge in [0, 0.05) is 30.9 Å². The fraction of sp³-hybridized carbons (Fsp3) is 0.714. The standard InChI is InChI=1S/C14H23NO2/c1-10-9-14(12(3)17-10)11(2)15-13-5-4-7-16-8-6-13/h9,11,13,15H,4-8H2,1-3H3. The van der Waals surface area contributed by atoms with Crippen LogP contribution in [-0.4, -0.2) is 19.3 Å². The van der Waals surface area contributed by atoms with E-state index in [1.165, 1.54) is 12.0 Å². The van der Waals surface area contributed by atoms with Crippen LogP contribution in [0.3, 0.4) is 0 Å². The number of ether oxygens (including phenoxy) is 1. The quantitative estimate of drug-likeness (QED) is 0.877. The normalized spacial score (nSPS) is 23.4. The highest BCUT2D eigenvalue weighted by Crippen LogP contribution is 2.23. The second kappa shape index (κ2) is 5.69. The molecule has 2 unspecified atom stereocenters. The third-order valence-corrected chi connectivity index (χ3v) is 3.48. The highest BCUT2D eigenvalue weighted by Gasteiger charge is 2.18. The van der Waals surface area contributed by atoms with E-state index in [2.05, 4.69) is 18.3 Å². The Hall–Kier alpha value is -0.800. The molecule has 3 nitrogen and oxygen atoms in total. The summed E-state index contributed by atoms with van der Waals surface area (Å²) in [5, 5.41) is 3.69. The lowest BCUT2D eigenvalue weighted by molar-refractivity contribution is 0.142. The maximum atomic E-state index is 5.58. The van der Waals surface area contributed by atoms with Crippen molar-refractivity contribution in [3.8, 4) is 0 Å². The van der Waals surface area contributed by atoms with Gasteiger partial charge in [0.25, 0.3) is 0 Å². The van der Waals surface area contributed by atoms with E-state index in [4.69, 9.17) is 9.15 Å². The average molecular weight is 237 g/mol. The molecular weight excluding hydrogens is 214 g/mol. The zero-order valence-corrected chi connectivity index (χ0v) is 11.1. The summed E-state index contributed by atoms with van der Waals surface area (Å²) < 4.78 is 11.1. The van der Waals surface area contributed by atoms with Crippen molar-refractivity contribution in [3.05, 3.63) is 23.2 Å². The van der Waals surface area contributed by atoms with Crippen LogP contribution >= 0.6 is 0 Å². The Balaban J connectivity index is 1.95. The van der Waals surface area contributed by atoms with Gasteiger partial charge < -0.3 is 14.5 Å². The first-order chi connectivity index (χ1) is 8.16. The van der Waals surface area contributed by atoms with Crippen LogP contribution in [0, 0.1) is 13.8 Å². The molecule has 2 atom stereocenters. The minimum absolute atomic E-state index is 0.357. The number of aryl methyl sites for hydroxylation is 2. The molecule has 1 fully saturated rings. The fourth-order valence-electron chi connectivity index (χ4n) is 2.59. The molecule has 1 aromatic rings. The highest BCUT2D eigenvalue weighted by atomic mass is 16.5. The summed E-state index contributed by atoms with van der Waals surface area (Å²) in [6.07, 6.45) is 3.48. The van der Waals surface area contributed by atoms with E-state index in [1.54, 1.807) is 0 Å². The van der Waals surface area contributed by atoms with E-state index < -0.39 is 0 Å². The van der Waals surface area contributed by atoms with Crippen molar-refractivity contribution < 1.29 is 9.15 Å². The van der Waals surface area contributed by atoms with Crippen molar-refractivity contribution in [1.82, 2.24) is 5.32 Å². The zero-order chi connectivity index (χ0) is 12.3. The third-order valence-electron chi connectivity index (χ3n) is 3.48. The molecule has 2 rings (SSSR count). The van der Waals surface area contributed by atoms with Crippen molar-refractivity contribution in [1.29, 1.82) is 0 Å². The summed E-state index contributed by atoms with van der Waals surface area (Å²) in [6, 6.07) is 3.07. The van der Waals surface area contributed by atoms with Gasteiger partial charge in [0.15, 0.2) is 0 Å². The lowest BCUT2D eigenvalue weighted by Crippen LogP contribution is -2.31. The molecule has 0 saturated carbocycles. The van der Waals surface area contributed by atoms with Crippen LogP contribution in [0.15, 0.2) is 10.5 Å². The molecular formula is C14H23NO2. The van der Waals surface area contributed by atoms with Crippen LogP contribution in [0.25, 0.3) is 0 Å². The van der Waals surface area contributed by atoms with Gasteiger partial charge in [-0.3, -0.25) is 0 Å². The highest BCUT2D eigenvalue weighted by molar-refractivity contribution is 5.23. The zero-order valence-electron chi connectivity index (χ0n) is 11.1. The Bertz CT molecular complexity index is 351. The number of hydrogen-bond acceptors (Lipinski definition) is 3. The van der Waals surface area contributed by atoms with Gasteiger partial charge in [0.1, 0.15) is 11.5 Å². The molecule has 1 saturated heterocycles. The summed E-state index contributed by atoms with van der Waals surface area (Å²) in [5.41, 5.74) is 1.28. The van der Waals surface area contributed by atoms with Gasteiger partial charge in [-0.05, 0) is 46.1 Å². The van der Waals surface area contributed by atoms with Gasteiger partial charge in [-0.15, -0.1) is 0 Å². The largest absolute Gasteiger partial charge is 0.466 e. The SMILES string of the molecule is Cc1cc(C(C)NC2CCCOCC2)c(C)o1. The maximum Gasteiger partial charge on any atom is 0.105 e. The van der Waals surface area contributed by atoms with Crippen LogP contribution < -0.4 is 5.32 Å². The van der Waals surface area contributed by atoms with Crippen LogP contribution in [-0.2, 0) is 4.74 Å². The summed E-state index contributed by atoms with van der Waals surface area (Å²) >= 11 is 0. The van der Waals surface area contributed by atoms with Gasteiger partial charge in [0.05, 0.1) is 0 Å². The predicted octanol–water partition coefficient (Wildman–Crippen LogP) is 3.12. The Kier molecular flexibility index (Phi) is 4.24. The van der Waals surface area contributed by atoms with Gasteiger partial charge in [0.2, 0.25) is 0 Å². The lowest BCUT2D eigenvalue weighted by atomic mass is 10.0. The minimum Gasteiger partial charge on any atom is -0.466 e. The fourth-order valence-corrected chi connectivity index (χ4v) is 2.59. The van der Waals surface area contributed by atoms with Gasteiger partial charge >= 0.3 is 0 Å². The van der Waals surface area contributed by atoms with E-state index in [-0.39, 0.29) is 0 Å². The number of nitrogens with one attached hydrogen (secondary N) is 1. The van der Waals surface area contributed by atoms with Gasteiger partial charge in [-0.2, -0.15) is 0 Å². The Labute approximate surface area is 104 Å². The van der Waals surface area contributed by atoms with Crippen LogP contribution in [0.4, 0.5) is 0 Å². The van der Waals surface area contributed by atoms with Crippen molar-refractivity contribution >= 4 is 0 Å². The molecule has 1 aliphatic heterocycles. The Morgan fingerprint density at radius 3 is 2.82 bits per heavy atom. The summed E-state index contributed by atoms with van der Waals surface area (Å²) in [4.78, 5) is 0. The van der Waals surface area contributed by atoms with E-state index in [0.29, 0.717) is 12.1 Å². The van der Waals surface area contributed by atoms with E-state index in [9.17, 15) is 0 Å². The molecule has 0 bridgehead atoms. The molecule has 0 spiro atoms. The summed E-state index contributed by atoms with van der Waals surface area (Å²) in [5.74, 6) is 2.03. The molecule has 96 valence electrons. The molecule has 1 aromatic heterocycles. The topological polar surface area (TPSA) is 34.4 Å². The first-order valence-electron chi connectivity index (χ1n) is 6.57. The van der Waals surface area contributed by atoms with Crippen LogP contribution in [0.2, 0.25) is 0 Å². The predicted molar refractivity (Wildman–Crippen MR) is 68.2 cm³/mol. The smallest absolute Gasteiger partial charge is 0.105 e.